The number of anilines is 1. The molecule has 1 aromatic rings. The summed E-state index contributed by atoms with van der Waals surface area (Å²) >= 11 is 0. The second-order valence-electron chi connectivity index (χ2n) is 8.46. The summed E-state index contributed by atoms with van der Waals surface area (Å²) in [4.78, 5) is 16.9. The second-order valence-corrected chi connectivity index (χ2v) is 10.4. The van der Waals surface area contributed by atoms with E-state index in [1.165, 1.54) is 10.6 Å². The highest BCUT2D eigenvalue weighted by molar-refractivity contribution is 7.92. The van der Waals surface area contributed by atoms with Gasteiger partial charge in [0.1, 0.15) is 5.75 Å². The molecule has 0 aliphatic carbocycles. The minimum absolute atomic E-state index is 0.00457. The van der Waals surface area contributed by atoms with Gasteiger partial charge in [0, 0.05) is 26.2 Å². The zero-order chi connectivity index (χ0) is 20.0. The quantitative estimate of drug-likeness (QED) is 0.755. The first-order chi connectivity index (χ1) is 12.5. The molecule has 1 amide bonds. The molecule has 1 aromatic carbocycles. The van der Waals surface area contributed by atoms with Gasteiger partial charge in [-0.3, -0.25) is 9.10 Å². The Balaban J connectivity index is 1.92. The minimum Gasteiger partial charge on any atom is -0.476 e. The van der Waals surface area contributed by atoms with Crippen molar-refractivity contribution >= 4 is 21.6 Å². The fourth-order valence-electron chi connectivity index (χ4n) is 3.39. The van der Waals surface area contributed by atoms with E-state index in [9.17, 15) is 13.2 Å². The number of sulfonamides is 1. The average Bonchev–Trinajstić information content (AvgIpc) is 2.58. The number of carbonyl (C=O) groups excluding carboxylic acids is 1. The molecular weight excluding hydrogens is 366 g/mol. The van der Waals surface area contributed by atoms with Crippen LogP contribution < -0.4 is 9.04 Å². The maximum Gasteiger partial charge on any atom is 0.265 e. The molecule has 7 nitrogen and oxygen atoms in total. The molecule has 0 radical (unpaired) electrons. The van der Waals surface area contributed by atoms with Crippen LogP contribution >= 0.6 is 0 Å². The third-order valence-corrected chi connectivity index (χ3v) is 6.33. The third-order valence-electron chi connectivity index (χ3n) is 5.19. The van der Waals surface area contributed by atoms with Crippen LogP contribution in [0.15, 0.2) is 18.2 Å². The number of ether oxygens (including phenoxy) is 1. The lowest BCUT2D eigenvalue weighted by Crippen LogP contribution is -2.55. The van der Waals surface area contributed by atoms with Crippen molar-refractivity contribution in [2.24, 2.45) is 0 Å². The van der Waals surface area contributed by atoms with Gasteiger partial charge in [0.2, 0.25) is 10.0 Å². The SMILES string of the molecule is CN1CCN(C(=O)C2CN(S(C)(=O)=O)c3cc(C(C)(C)C)ccc3O2)CC1. The average molecular weight is 396 g/mol. The van der Waals surface area contributed by atoms with Gasteiger partial charge in [0.15, 0.2) is 6.10 Å². The van der Waals surface area contributed by atoms with Crippen molar-refractivity contribution in [3.63, 3.8) is 0 Å². The number of piperazine rings is 1. The van der Waals surface area contributed by atoms with Gasteiger partial charge < -0.3 is 14.5 Å². The Labute approximate surface area is 161 Å². The summed E-state index contributed by atoms with van der Waals surface area (Å²) in [6, 6.07) is 5.56. The van der Waals surface area contributed by atoms with E-state index in [0.29, 0.717) is 24.5 Å². The van der Waals surface area contributed by atoms with Crippen molar-refractivity contribution in [2.45, 2.75) is 32.3 Å². The predicted molar refractivity (Wildman–Crippen MR) is 106 cm³/mol. The molecule has 3 rings (SSSR count). The largest absolute Gasteiger partial charge is 0.476 e. The fourth-order valence-corrected chi connectivity index (χ4v) is 4.30. The molecule has 8 heteroatoms. The first kappa shape index (κ1) is 19.9. The Bertz CT molecular complexity index is 824. The van der Waals surface area contributed by atoms with E-state index in [2.05, 4.69) is 25.7 Å². The molecule has 0 aromatic heterocycles. The molecule has 2 aliphatic heterocycles. The van der Waals surface area contributed by atoms with Gasteiger partial charge in [-0.15, -0.1) is 0 Å². The van der Waals surface area contributed by atoms with Gasteiger partial charge in [-0.05, 0) is 30.2 Å². The van der Waals surface area contributed by atoms with E-state index in [-0.39, 0.29) is 17.9 Å². The number of fused-ring (bicyclic) bond motifs is 1. The number of carbonyl (C=O) groups is 1. The summed E-state index contributed by atoms with van der Waals surface area (Å²) in [5.74, 6) is 0.287. The van der Waals surface area contributed by atoms with E-state index in [4.69, 9.17) is 4.74 Å². The monoisotopic (exact) mass is 395 g/mol. The zero-order valence-electron chi connectivity index (χ0n) is 16.7. The summed E-state index contributed by atoms with van der Waals surface area (Å²) in [6.45, 7) is 9.09. The van der Waals surface area contributed by atoms with E-state index >= 15 is 0 Å². The predicted octanol–water partition coefficient (Wildman–Crippen LogP) is 1.29. The normalized spacial score (nSPS) is 21.6. The van der Waals surface area contributed by atoms with Crippen molar-refractivity contribution in [1.82, 2.24) is 9.80 Å². The number of hydrogen-bond acceptors (Lipinski definition) is 5. The molecule has 1 atom stereocenters. The number of hydrogen-bond donors (Lipinski definition) is 0. The molecule has 0 spiro atoms. The van der Waals surface area contributed by atoms with Gasteiger partial charge in [0.05, 0.1) is 18.5 Å². The molecule has 1 saturated heterocycles. The summed E-state index contributed by atoms with van der Waals surface area (Å²) in [5, 5.41) is 0. The summed E-state index contributed by atoms with van der Waals surface area (Å²) in [7, 11) is -1.51. The van der Waals surface area contributed by atoms with Crippen LogP contribution in [0.4, 0.5) is 5.69 Å². The van der Waals surface area contributed by atoms with Crippen molar-refractivity contribution < 1.29 is 17.9 Å². The Kier molecular flexibility index (Phi) is 5.16. The van der Waals surface area contributed by atoms with Crippen LogP contribution in [0.2, 0.25) is 0 Å². The molecule has 2 aliphatic rings. The molecule has 27 heavy (non-hydrogen) atoms. The number of nitrogens with zero attached hydrogens (tertiary/aromatic N) is 3. The van der Waals surface area contributed by atoms with Crippen LogP contribution in [0.3, 0.4) is 0 Å². The lowest BCUT2D eigenvalue weighted by atomic mass is 9.86. The summed E-state index contributed by atoms with van der Waals surface area (Å²) < 4.78 is 32.1. The first-order valence-corrected chi connectivity index (χ1v) is 11.1. The van der Waals surface area contributed by atoms with Crippen molar-refractivity contribution in [2.75, 3.05) is 50.3 Å². The smallest absolute Gasteiger partial charge is 0.265 e. The number of amides is 1. The fraction of sp³-hybridized carbons (Fsp3) is 0.632. The molecule has 2 heterocycles. The highest BCUT2D eigenvalue weighted by Gasteiger charge is 2.38. The molecular formula is C19H29N3O4S. The highest BCUT2D eigenvalue weighted by Crippen LogP contribution is 2.38. The van der Waals surface area contributed by atoms with E-state index in [0.717, 1.165) is 18.7 Å². The molecule has 0 saturated carbocycles. The Morgan fingerprint density at radius 3 is 2.33 bits per heavy atom. The lowest BCUT2D eigenvalue weighted by molar-refractivity contribution is -0.140. The Morgan fingerprint density at radius 1 is 1.15 bits per heavy atom. The van der Waals surface area contributed by atoms with Crippen LogP contribution in [-0.4, -0.2) is 76.3 Å². The Hall–Kier alpha value is -1.80. The molecule has 150 valence electrons. The van der Waals surface area contributed by atoms with E-state index in [1.54, 1.807) is 11.0 Å². The van der Waals surface area contributed by atoms with E-state index in [1.807, 2.05) is 19.2 Å². The van der Waals surface area contributed by atoms with Crippen LogP contribution in [0.25, 0.3) is 0 Å². The Morgan fingerprint density at radius 2 is 1.78 bits per heavy atom. The maximum atomic E-state index is 12.9. The van der Waals surface area contributed by atoms with Crippen molar-refractivity contribution in [1.29, 1.82) is 0 Å². The van der Waals surface area contributed by atoms with Gasteiger partial charge in [0.25, 0.3) is 5.91 Å². The molecule has 1 unspecified atom stereocenters. The standard InChI is InChI=1S/C19H29N3O4S/c1-19(2,3)14-6-7-16-15(12-14)22(27(5,24)25)13-17(26-16)18(23)21-10-8-20(4)9-11-21/h6-7,12,17H,8-11,13H2,1-5H3. The van der Waals surface area contributed by atoms with Gasteiger partial charge in [-0.2, -0.15) is 0 Å². The second kappa shape index (κ2) is 6.98. The number of benzene rings is 1. The van der Waals surface area contributed by atoms with Gasteiger partial charge in [-0.25, -0.2) is 8.42 Å². The lowest BCUT2D eigenvalue weighted by Gasteiger charge is -2.39. The highest BCUT2D eigenvalue weighted by atomic mass is 32.2. The maximum absolute atomic E-state index is 12.9. The summed E-state index contributed by atoms with van der Waals surface area (Å²) in [6.07, 6.45) is 0.347. The van der Waals surface area contributed by atoms with Crippen LogP contribution in [-0.2, 0) is 20.2 Å². The van der Waals surface area contributed by atoms with Crippen molar-refractivity contribution in [3.05, 3.63) is 23.8 Å². The molecule has 0 N–H and O–H groups in total. The van der Waals surface area contributed by atoms with Crippen LogP contribution in [0.5, 0.6) is 5.75 Å². The molecule has 0 bridgehead atoms. The van der Waals surface area contributed by atoms with Crippen LogP contribution in [0, 0.1) is 0 Å². The first-order valence-electron chi connectivity index (χ1n) is 9.23. The van der Waals surface area contributed by atoms with Gasteiger partial charge in [-0.1, -0.05) is 26.8 Å². The number of rotatable bonds is 2. The van der Waals surface area contributed by atoms with Crippen LogP contribution in [0.1, 0.15) is 26.3 Å². The minimum atomic E-state index is -3.53. The third kappa shape index (κ3) is 4.21. The number of likely N-dealkylation sites (N-methyl/N-ethyl adjacent to an activating group) is 1. The molecule has 1 fully saturated rings. The summed E-state index contributed by atoms with van der Waals surface area (Å²) in [5.41, 5.74) is 1.40. The van der Waals surface area contributed by atoms with Crippen molar-refractivity contribution in [3.8, 4) is 5.75 Å². The zero-order valence-corrected chi connectivity index (χ0v) is 17.5. The van der Waals surface area contributed by atoms with E-state index < -0.39 is 16.1 Å². The van der Waals surface area contributed by atoms with Gasteiger partial charge >= 0.3 is 0 Å². The topological polar surface area (TPSA) is 70.2 Å².